The van der Waals surface area contributed by atoms with Crippen molar-refractivity contribution in [3.8, 4) is 0 Å². The Bertz CT molecular complexity index is 291. The Morgan fingerprint density at radius 1 is 1.36 bits per heavy atom. The summed E-state index contributed by atoms with van der Waals surface area (Å²) in [7, 11) is 0. The monoisotopic (exact) mass is 187 g/mol. The second-order valence-electron chi connectivity index (χ2n) is 4.02. The van der Waals surface area contributed by atoms with Crippen LogP contribution in [0.15, 0.2) is 43.1 Å². The maximum Gasteiger partial charge on any atom is 0.0204 e. The Balaban J connectivity index is 1.90. The van der Waals surface area contributed by atoms with Crippen LogP contribution in [0.1, 0.15) is 12.0 Å². The van der Waals surface area contributed by atoms with Gasteiger partial charge >= 0.3 is 0 Å². The van der Waals surface area contributed by atoms with Crippen LogP contribution in [0.25, 0.3) is 0 Å². The van der Waals surface area contributed by atoms with E-state index in [2.05, 4.69) is 41.8 Å². The molecule has 0 bridgehead atoms. The summed E-state index contributed by atoms with van der Waals surface area (Å²) < 4.78 is 0. The minimum Gasteiger partial charge on any atom is -0.378 e. The molecule has 0 spiro atoms. The van der Waals surface area contributed by atoms with E-state index in [1.54, 1.807) is 0 Å². The SMILES string of the molecule is C=CN1CCC(Cc2ccccc2)C1. The lowest BCUT2D eigenvalue weighted by Gasteiger charge is -2.12. The van der Waals surface area contributed by atoms with Crippen molar-refractivity contribution in [1.29, 1.82) is 0 Å². The minimum atomic E-state index is 0.815. The van der Waals surface area contributed by atoms with Crippen LogP contribution >= 0.6 is 0 Å². The highest BCUT2D eigenvalue weighted by Gasteiger charge is 2.19. The van der Waals surface area contributed by atoms with Crippen LogP contribution in [0, 0.1) is 5.92 Å². The molecule has 74 valence electrons. The van der Waals surface area contributed by atoms with Gasteiger partial charge in [0.15, 0.2) is 0 Å². The Morgan fingerprint density at radius 3 is 2.79 bits per heavy atom. The van der Waals surface area contributed by atoms with Gasteiger partial charge in [-0.3, -0.25) is 0 Å². The molecule has 1 heteroatoms. The number of hydrogen-bond acceptors (Lipinski definition) is 1. The standard InChI is InChI=1S/C13H17N/c1-2-14-9-8-13(11-14)10-12-6-4-3-5-7-12/h2-7,13H,1,8-11H2. The predicted molar refractivity (Wildman–Crippen MR) is 60.0 cm³/mol. The average molecular weight is 187 g/mol. The lowest BCUT2D eigenvalue weighted by Crippen LogP contribution is -2.13. The average Bonchev–Trinajstić information content (AvgIpc) is 2.67. The molecule has 1 heterocycles. The molecule has 0 N–H and O–H groups in total. The highest BCUT2D eigenvalue weighted by atomic mass is 15.1. The molecule has 0 aliphatic carbocycles. The molecule has 1 nitrogen and oxygen atoms in total. The third-order valence-corrected chi connectivity index (χ3v) is 2.94. The molecule has 1 aliphatic rings. The molecule has 1 aromatic rings. The first kappa shape index (κ1) is 9.32. The molecule has 1 atom stereocenters. The molecule has 0 saturated carbocycles. The maximum absolute atomic E-state index is 3.81. The first-order valence-electron chi connectivity index (χ1n) is 5.29. The van der Waals surface area contributed by atoms with E-state index in [1.807, 2.05) is 6.20 Å². The lowest BCUT2D eigenvalue weighted by atomic mass is 9.99. The topological polar surface area (TPSA) is 3.24 Å². The van der Waals surface area contributed by atoms with E-state index in [9.17, 15) is 0 Å². The van der Waals surface area contributed by atoms with Gasteiger partial charge < -0.3 is 4.90 Å². The molecule has 1 saturated heterocycles. The quantitative estimate of drug-likeness (QED) is 0.703. The zero-order chi connectivity index (χ0) is 9.80. The molecule has 1 aromatic carbocycles. The number of rotatable bonds is 3. The van der Waals surface area contributed by atoms with Gasteiger partial charge in [-0.2, -0.15) is 0 Å². The van der Waals surface area contributed by atoms with Gasteiger partial charge in [0.1, 0.15) is 0 Å². The Hall–Kier alpha value is -1.24. The summed E-state index contributed by atoms with van der Waals surface area (Å²) in [6, 6.07) is 10.8. The molecular formula is C13H17N. The van der Waals surface area contributed by atoms with E-state index in [-0.39, 0.29) is 0 Å². The van der Waals surface area contributed by atoms with Crippen molar-refractivity contribution in [3.63, 3.8) is 0 Å². The number of hydrogen-bond donors (Lipinski definition) is 0. The Morgan fingerprint density at radius 2 is 2.14 bits per heavy atom. The van der Waals surface area contributed by atoms with Crippen LogP contribution < -0.4 is 0 Å². The molecule has 1 unspecified atom stereocenters. The molecule has 14 heavy (non-hydrogen) atoms. The smallest absolute Gasteiger partial charge is 0.0204 e. The van der Waals surface area contributed by atoms with Crippen molar-refractivity contribution in [2.45, 2.75) is 12.8 Å². The zero-order valence-electron chi connectivity index (χ0n) is 8.52. The van der Waals surface area contributed by atoms with Gasteiger partial charge in [-0.05, 0) is 30.5 Å². The van der Waals surface area contributed by atoms with Crippen molar-refractivity contribution in [2.75, 3.05) is 13.1 Å². The third-order valence-electron chi connectivity index (χ3n) is 2.94. The van der Waals surface area contributed by atoms with Crippen LogP contribution in [0.5, 0.6) is 0 Å². The van der Waals surface area contributed by atoms with E-state index in [0.29, 0.717) is 0 Å². The summed E-state index contributed by atoms with van der Waals surface area (Å²) in [5.41, 5.74) is 1.46. The Kier molecular flexibility index (Phi) is 2.87. The lowest BCUT2D eigenvalue weighted by molar-refractivity contribution is 0.438. The molecule has 2 rings (SSSR count). The van der Waals surface area contributed by atoms with Crippen LogP contribution in [0.3, 0.4) is 0 Å². The van der Waals surface area contributed by atoms with Crippen molar-refractivity contribution in [1.82, 2.24) is 4.90 Å². The summed E-state index contributed by atoms with van der Waals surface area (Å²) in [5, 5.41) is 0. The van der Waals surface area contributed by atoms with Crippen LogP contribution in [-0.2, 0) is 6.42 Å². The second kappa shape index (κ2) is 4.32. The van der Waals surface area contributed by atoms with Crippen molar-refractivity contribution >= 4 is 0 Å². The summed E-state index contributed by atoms with van der Waals surface area (Å²) in [5.74, 6) is 0.815. The molecule has 0 aromatic heterocycles. The molecule has 1 aliphatic heterocycles. The maximum atomic E-state index is 3.81. The third kappa shape index (κ3) is 2.16. The van der Waals surface area contributed by atoms with Gasteiger partial charge in [-0.15, -0.1) is 0 Å². The number of nitrogens with zero attached hydrogens (tertiary/aromatic N) is 1. The summed E-state index contributed by atoms with van der Waals surface area (Å²) >= 11 is 0. The molecule has 1 fully saturated rings. The van der Waals surface area contributed by atoms with E-state index in [0.717, 1.165) is 5.92 Å². The van der Waals surface area contributed by atoms with E-state index < -0.39 is 0 Å². The van der Waals surface area contributed by atoms with Gasteiger partial charge in [-0.25, -0.2) is 0 Å². The van der Waals surface area contributed by atoms with Gasteiger partial charge in [0.25, 0.3) is 0 Å². The fourth-order valence-corrected chi connectivity index (χ4v) is 2.14. The second-order valence-corrected chi connectivity index (χ2v) is 4.02. The van der Waals surface area contributed by atoms with Gasteiger partial charge in [0, 0.05) is 13.1 Å². The van der Waals surface area contributed by atoms with Crippen molar-refractivity contribution in [2.24, 2.45) is 5.92 Å². The summed E-state index contributed by atoms with van der Waals surface area (Å²) in [6.45, 7) is 6.17. The molecule has 0 amide bonds. The predicted octanol–water partition coefficient (Wildman–Crippen LogP) is 2.69. The number of likely N-dealkylation sites (tertiary alicyclic amines) is 1. The number of benzene rings is 1. The highest BCUT2D eigenvalue weighted by Crippen LogP contribution is 2.20. The van der Waals surface area contributed by atoms with E-state index in [1.165, 1.54) is 31.5 Å². The van der Waals surface area contributed by atoms with Crippen LogP contribution in [-0.4, -0.2) is 18.0 Å². The highest BCUT2D eigenvalue weighted by molar-refractivity contribution is 5.15. The first-order chi connectivity index (χ1) is 6.88. The van der Waals surface area contributed by atoms with Crippen molar-refractivity contribution < 1.29 is 0 Å². The molecular weight excluding hydrogens is 170 g/mol. The van der Waals surface area contributed by atoms with Crippen LogP contribution in [0.4, 0.5) is 0 Å². The molecule has 0 radical (unpaired) electrons. The Labute approximate surface area is 86.1 Å². The van der Waals surface area contributed by atoms with E-state index >= 15 is 0 Å². The largest absolute Gasteiger partial charge is 0.378 e. The summed E-state index contributed by atoms with van der Waals surface area (Å²) in [6.07, 6.45) is 4.48. The van der Waals surface area contributed by atoms with E-state index in [4.69, 9.17) is 0 Å². The van der Waals surface area contributed by atoms with Crippen molar-refractivity contribution in [3.05, 3.63) is 48.7 Å². The summed E-state index contributed by atoms with van der Waals surface area (Å²) in [4.78, 5) is 2.31. The zero-order valence-corrected chi connectivity index (χ0v) is 8.52. The fourth-order valence-electron chi connectivity index (χ4n) is 2.14. The fraction of sp³-hybridized carbons (Fsp3) is 0.385. The van der Waals surface area contributed by atoms with Gasteiger partial charge in [0.2, 0.25) is 0 Å². The van der Waals surface area contributed by atoms with Gasteiger partial charge in [0.05, 0.1) is 0 Å². The first-order valence-corrected chi connectivity index (χ1v) is 5.29. The minimum absolute atomic E-state index is 0.815. The normalized spacial score (nSPS) is 21.1. The van der Waals surface area contributed by atoms with Gasteiger partial charge in [-0.1, -0.05) is 36.9 Å². The van der Waals surface area contributed by atoms with Crippen LogP contribution in [0.2, 0.25) is 0 Å².